The summed E-state index contributed by atoms with van der Waals surface area (Å²) in [4.78, 5) is 7.65. The zero-order valence-corrected chi connectivity index (χ0v) is 11.5. The number of nitrogens with two attached hydrogens (primary N) is 1. The number of methoxy groups -OCH3 is 1. The molecule has 21 heavy (non-hydrogen) atoms. The van der Waals surface area contributed by atoms with Crippen molar-refractivity contribution in [2.24, 2.45) is 0 Å². The van der Waals surface area contributed by atoms with Crippen molar-refractivity contribution < 1.29 is 17.9 Å². The molecule has 0 saturated carbocycles. The molecule has 0 radical (unpaired) electrons. The predicted octanol–water partition coefficient (Wildman–Crippen LogP) is 3.48. The van der Waals surface area contributed by atoms with E-state index in [2.05, 4.69) is 15.3 Å². The zero-order valence-electron chi connectivity index (χ0n) is 10.7. The van der Waals surface area contributed by atoms with E-state index in [0.717, 1.165) is 12.1 Å². The SMILES string of the molecule is COc1c(N)ncnc1Nc1ccc(C(F)(F)F)cc1Cl. The molecule has 2 aromatic rings. The van der Waals surface area contributed by atoms with Crippen molar-refractivity contribution in [2.45, 2.75) is 6.18 Å². The fraction of sp³-hybridized carbons (Fsp3) is 0.167. The largest absolute Gasteiger partial charge is 0.490 e. The van der Waals surface area contributed by atoms with E-state index in [0.29, 0.717) is 0 Å². The van der Waals surface area contributed by atoms with E-state index >= 15 is 0 Å². The van der Waals surface area contributed by atoms with Crippen LogP contribution in [0, 0.1) is 0 Å². The van der Waals surface area contributed by atoms with E-state index in [-0.39, 0.29) is 28.1 Å². The standard InChI is InChI=1S/C12H10ClF3N4O/c1-21-9-10(17)18-5-19-11(9)20-8-3-2-6(4-7(8)13)12(14,15)16/h2-5H,1H3,(H3,17,18,19,20). The Morgan fingerprint density at radius 3 is 2.57 bits per heavy atom. The van der Waals surface area contributed by atoms with E-state index in [1.807, 2.05) is 0 Å². The van der Waals surface area contributed by atoms with Gasteiger partial charge in [0.2, 0.25) is 5.75 Å². The lowest BCUT2D eigenvalue weighted by Crippen LogP contribution is -2.06. The van der Waals surface area contributed by atoms with Gasteiger partial charge in [-0.3, -0.25) is 0 Å². The third kappa shape index (κ3) is 3.27. The molecule has 2 rings (SSSR count). The average molecular weight is 319 g/mol. The molecule has 0 unspecified atom stereocenters. The Kier molecular flexibility index (Phi) is 4.08. The van der Waals surface area contributed by atoms with Crippen LogP contribution in [-0.2, 0) is 6.18 Å². The second kappa shape index (κ2) is 5.65. The summed E-state index contributed by atoms with van der Waals surface area (Å²) in [6, 6.07) is 2.93. The molecule has 0 aliphatic heterocycles. The first-order chi connectivity index (χ1) is 9.82. The highest BCUT2D eigenvalue weighted by Gasteiger charge is 2.31. The maximum absolute atomic E-state index is 12.6. The van der Waals surface area contributed by atoms with Crippen molar-refractivity contribution in [3.05, 3.63) is 35.1 Å². The van der Waals surface area contributed by atoms with Gasteiger partial charge in [-0.2, -0.15) is 13.2 Å². The molecule has 0 amide bonds. The number of hydrogen-bond acceptors (Lipinski definition) is 5. The first-order valence-corrected chi connectivity index (χ1v) is 5.99. The normalized spacial score (nSPS) is 11.3. The molecular formula is C12H10ClF3N4O. The van der Waals surface area contributed by atoms with Gasteiger partial charge in [0.15, 0.2) is 11.6 Å². The molecule has 0 fully saturated rings. The minimum absolute atomic E-state index is 0.0954. The van der Waals surface area contributed by atoms with Crippen molar-refractivity contribution in [3.63, 3.8) is 0 Å². The lowest BCUT2D eigenvalue weighted by Gasteiger charge is -2.13. The van der Waals surface area contributed by atoms with Crippen LogP contribution in [0.4, 0.5) is 30.5 Å². The van der Waals surface area contributed by atoms with Crippen molar-refractivity contribution in [1.29, 1.82) is 0 Å². The third-order valence-corrected chi connectivity index (χ3v) is 2.90. The van der Waals surface area contributed by atoms with Gasteiger partial charge >= 0.3 is 6.18 Å². The topological polar surface area (TPSA) is 73.1 Å². The van der Waals surface area contributed by atoms with Crippen LogP contribution < -0.4 is 15.8 Å². The molecule has 0 spiro atoms. The highest BCUT2D eigenvalue weighted by molar-refractivity contribution is 6.33. The van der Waals surface area contributed by atoms with Crippen molar-refractivity contribution in [1.82, 2.24) is 9.97 Å². The number of nitrogen functional groups attached to an aromatic ring is 1. The smallest absolute Gasteiger partial charge is 0.416 e. The second-order valence-corrected chi connectivity index (χ2v) is 4.37. The van der Waals surface area contributed by atoms with E-state index < -0.39 is 11.7 Å². The van der Waals surface area contributed by atoms with Crippen LogP contribution in [-0.4, -0.2) is 17.1 Å². The molecule has 0 atom stereocenters. The summed E-state index contributed by atoms with van der Waals surface area (Å²) in [6.45, 7) is 0. The summed E-state index contributed by atoms with van der Waals surface area (Å²) >= 11 is 5.84. The highest BCUT2D eigenvalue weighted by atomic mass is 35.5. The first kappa shape index (κ1) is 15.2. The Morgan fingerprint density at radius 2 is 2.00 bits per heavy atom. The molecule has 5 nitrogen and oxygen atoms in total. The maximum atomic E-state index is 12.6. The predicted molar refractivity (Wildman–Crippen MR) is 72.7 cm³/mol. The van der Waals surface area contributed by atoms with Crippen molar-refractivity contribution in [2.75, 3.05) is 18.2 Å². The number of nitrogens with zero attached hydrogens (tertiary/aromatic N) is 2. The van der Waals surface area contributed by atoms with Crippen LogP contribution >= 0.6 is 11.6 Å². The van der Waals surface area contributed by atoms with Crippen LogP contribution in [0.3, 0.4) is 0 Å². The highest BCUT2D eigenvalue weighted by Crippen LogP contribution is 2.36. The molecular weight excluding hydrogens is 309 g/mol. The lowest BCUT2D eigenvalue weighted by molar-refractivity contribution is -0.137. The van der Waals surface area contributed by atoms with Crippen molar-refractivity contribution in [3.8, 4) is 5.75 Å². The molecule has 0 saturated heterocycles. The van der Waals surface area contributed by atoms with Gasteiger partial charge < -0.3 is 15.8 Å². The summed E-state index contributed by atoms with van der Waals surface area (Å²) in [5, 5.41) is 2.65. The zero-order chi connectivity index (χ0) is 15.6. The fourth-order valence-corrected chi connectivity index (χ4v) is 1.83. The molecule has 1 heterocycles. The number of alkyl halides is 3. The van der Waals surface area contributed by atoms with Gasteiger partial charge in [0.25, 0.3) is 0 Å². The molecule has 112 valence electrons. The number of ether oxygens (including phenoxy) is 1. The number of halogens is 4. The maximum Gasteiger partial charge on any atom is 0.416 e. The van der Waals surface area contributed by atoms with Gasteiger partial charge in [-0.15, -0.1) is 0 Å². The summed E-state index contributed by atoms with van der Waals surface area (Å²) in [5.74, 6) is 0.471. The fourth-order valence-electron chi connectivity index (χ4n) is 1.60. The van der Waals surface area contributed by atoms with Crippen LogP contribution in [0.15, 0.2) is 24.5 Å². The Balaban J connectivity index is 2.35. The monoisotopic (exact) mass is 318 g/mol. The summed E-state index contributed by atoms with van der Waals surface area (Å²) in [7, 11) is 1.37. The van der Waals surface area contributed by atoms with Gasteiger partial charge in [-0.05, 0) is 18.2 Å². The summed E-state index contributed by atoms with van der Waals surface area (Å²) < 4.78 is 42.7. The van der Waals surface area contributed by atoms with Crippen LogP contribution in [0.5, 0.6) is 5.75 Å². The first-order valence-electron chi connectivity index (χ1n) is 5.61. The van der Waals surface area contributed by atoms with Crippen LogP contribution in [0.2, 0.25) is 5.02 Å². The molecule has 1 aromatic heterocycles. The molecule has 0 bridgehead atoms. The Hall–Kier alpha value is -2.22. The molecule has 1 aromatic carbocycles. The third-order valence-electron chi connectivity index (χ3n) is 2.58. The van der Waals surface area contributed by atoms with Crippen LogP contribution in [0.25, 0.3) is 0 Å². The number of hydrogen-bond donors (Lipinski definition) is 2. The van der Waals surface area contributed by atoms with E-state index in [1.54, 1.807) is 0 Å². The Labute approximate surface area is 122 Å². The number of aromatic nitrogens is 2. The van der Waals surface area contributed by atoms with E-state index in [4.69, 9.17) is 22.1 Å². The van der Waals surface area contributed by atoms with E-state index in [9.17, 15) is 13.2 Å². The van der Waals surface area contributed by atoms with Gasteiger partial charge in [-0.1, -0.05) is 11.6 Å². The molecule has 0 aliphatic carbocycles. The van der Waals surface area contributed by atoms with Gasteiger partial charge in [0.05, 0.1) is 23.4 Å². The Bertz CT molecular complexity index is 663. The lowest BCUT2D eigenvalue weighted by atomic mass is 10.2. The molecule has 9 heteroatoms. The van der Waals surface area contributed by atoms with Gasteiger partial charge in [-0.25, -0.2) is 9.97 Å². The minimum atomic E-state index is -4.46. The molecule has 0 aliphatic rings. The molecule has 3 N–H and O–H groups in total. The van der Waals surface area contributed by atoms with E-state index in [1.165, 1.54) is 19.5 Å². The summed E-state index contributed by atoms with van der Waals surface area (Å²) in [6.07, 6.45) is -3.27. The van der Waals surface area contributed by atoms with Crippen LogP contribution in [0.1, 0.15) is 5.56 Å². The number of rotatable bonds is 3. The Morgan fingerprint density at radius 1 is 1.29 bits per heavy atom. The van der Waals surface area contributed by atoms with Crippen molar-refractivity contribution >= 4 is 28.9 Å². The average Bonchev–Trinajstić information content (AvgIpc) is 2.40. The van der Waals surface area contributed by atoms with Gasteiger partial charge in [0, 0.05) is 0 Å². The number of nitrogens with one attached hydrogen (secondary N) is 1. The minimum Gasteiger partial charge on any atom is -0.490 e. The number of anilines is 3. The quantitative estimate of drug-likeness (QED) is 0.906. The summed E-state index contributed by atoms with van der Waals surface area (Å²) in [5.41, 5.74) is 5.00. The van der Waals surface area contributed by atoms with Gasteiger partial charge in [0.1, 0.15) is 6.33 Å². The number of benzene rings is 1. The second-order valence-electron chi connectivity index (χ2n) is 3.96.